The summed E-state index contributed by atoms with van der Waals surface area (Å²) in [6.45, 7) is 4.11. The van der Waals surface area contributed by atoms with Crippen LogP contribution in [-0.2, 0) is 4.79 Å². The number of Topliss-reactive ketones (excluding diaryl/α,β-unsaturated/α-hetero) is 1. The minimum Gasteiger partial charge on any atom is -0.490 e. The Morgan fingerprint density at radius 1 is 0.833 bits per heavy atom. The Bertz CT molecular complexity index is 941. The van der Waals surface area contributed by atoms with Gasteiger partial charge in [-0.1, -0.05) is 6.07 Å². The maximum atomic E-state index is 12.5. The Hall–Kier alpha value is -3.22. The van der Waals surface area contributed by atoms with Crippen molar-refractivity contribution in [3.63, 3.8) is 0 Å². The average Bonchev–Trinajstić information content (AvgIpc) is 3.02. The molecule has 7 nitrogen and oxygen atoms in total. The molecule has 158 valence electrons. The molecule has 7 heteroatoms. The SMILES string of the molecule is CC(NC(=O)CCC(=O)c1ccc2c(c1)OCCO2)c1ccc2c(c1)OCCCO2. The third kappa shape index (κ3) is 4.67. The van der Waals surface area contributed by atoms with Crippen molar-refractivity contribution < 1.29 is 28.5 Å². The zero-order chi connectivity index (χ0) is 20.9. The van der Waals surface area contributed by atoms with Crippen molar-refractivity contribution in [3.8, 4) is 23.0 Å². The third-order valence-corrected chi connectivity index (χ3v) is 5.09. The van der Waals surface area contributed by atoms with Gasteiger partial charge in [0.2, 0.25) is 5.91 Å². The van der Waals surface area contributed by atoms with Crippen LogP contribution >= 0.6 is 0 Å². The zero-order valence-corrected chi connectivity index (χ0v) is 16.9. The molecule has 0 bridgehead atoms. The lowest BCUT2D eigenvalue weighted by atomic mass is 10.0. The number of rotatable bonds is 6. The van der Waals surface area contributed by atoms with E-state index in [4.69, 9.17) is 18.9 Å². The van der Waals surface area contributed by atoms with E-state index in [1.165, 1.54) is 0 Å². The predicted molar refractivity (Wildman–Crippen MR) is 110 cm³/mol. The highest BCUT2D eigenvalue weighted by Gasteiger charge is 2.18. The van der Waals surface area contributed by atoms with E-state index in [1.807, 2.05) is 25.1 Å². The first-order chi connectivity index (χ1) is 14.6. The number of fused-ring (bicyclic) bond motifs is 2. The number of carbonyl (C=O) groups is 2. The number of carbonyl (C=O) groups excluding carboxylic acids is 2. The second kappa shape index (κ2) is 9.07. The summed E-state index contributed by atoms with van der Waals surface area (Å²) in [5.41, 5.74) is 1.44. The molecule has 0 aliphatic carbocycles. The number of hydrogen-bond acceptors (Lipinski definition) is 6. The number of nitrogens with one attached hydrogen (secondary N) is 1. The monoisotopic (exact) mass is 411 g/mol. The molecule has 1 N–H and O–H groups in total. The van der Waals surface area contributed by atoms with Crippen LogP contribution in [0.15, 0.2) is 36.4 Å². The summed E-state index contributed by atoms with van der Waals surface area (Å²) in [7, 11) is 0. The van der Waals surface area contributed by atoms with Gasteiger partial charge in [-0.25, -0.2) is 0 Å². The van der Waals surface area contributed by atoms with Gasteiger partial charge in [-0.05, 0) is 42.8 Å². The standard InChI is InChI=1S/C23H25NO6/c1-15(16-3-6-19-21(13-16)28-10-2-9-27-19)24-23(26)8-5-18(25)17-4-7-20-22(14-17)30-12-11-29-20/h3-4,6-7,13-15H,2,5,8-12H2,1H3,(H,24,26). The first-order valence-electron chi connectivity index (χ1n) is 10.2. The van der Waals surface area contributed by atoms with Crippen molar-refractivity contribution >= 4 is 11.7 Å². The third-order valence-electron chi connectivity index (χ3n) is 5.09. The van der Waals surface area contributed by atoms with E-state index in [0.29, 0.717) is 49.2 Å². The topological polar surface area (TPSA) is 83.1 Å². The molecule has 0 spiro atoms. The lowest BCUT2D eigenvalue weighted by Crippen LogP contribution is -2.27. The highest BCUT2D eigenvalue weighted by molar-refractivity contribution is 5.98. The van der Waals surface area contributed by atoms with Crippen molar-refractivity contribution in [2.75, 3.05) is 26.4 Å². The molecule has 0 saturated carbocycles. The molecule has 1 amide bonds. The van der Waals surface area contributed by atoms with Crippen molar-refractivity contribution in [1.82, 2.24) is 5.32 Å². The lowest BCUT2D eigenvalue weighted by molar-refractivity contribution is -0.121. The summed E-state index contributed by atoms with van der Waals surface area (Å²) in [4.78, 5) is 24.9. The number of hydrogen-bond donors (Lipinski definition) is 1. The van der Waals surface area contributed by atoms with Gasteiger partial charge in [0, 0.05) is 24.8 Å². The van der Waals surface area contributed by atoms with Crippen LogP contribution in [0.2, 0.25) is 0 Å². The average molecular weight is 411 g/mol. The molecular weight excluding hydrogens is 386 g/mol. The van der Waals surface area contributed by atoms with Gasteiger partial charge in [0.1, 0.15) is 13.2 Å². The van der Waals surface area contributed by atoms with Crippen LogP contribution in [0.1, 0.15) is 48.1 Å². The molecule has 0 radical (unpaired) electrons. The molecule has 30 heavy (non-hydrogen) atoms. The van der Waals surface area contributed by atoms with Crippen LogP contribution in [0.3, 0.4) is 0 Å². The Balaban J connectivity index is 1.31. The van der Waals surface area contributed by atoms with Gasteiger partial charge in [-0.2, -0.15) is 0 Å². The van der Waals surface area contributed by atoms with Gasteiger partial charge in [-0.3, -0.25) is 9.59 Å². The van der Waals surface area contributed by atoms with Crippen LogP contribution in [0.4, 0.5) is 0 Å². The minimum absolute atomic E-state index is 0.106. The first-order valence-corrected chi connectivity index (χ1v) is 10.2. The second-order valence-corrected chi connectivity index (χ2v) is 7.33. The molecule has 2 heterocycles. The molecule has 2 aromatic carbocycles. The summed E-state index contributed by atoms with van der Waals surface area (Å²) in [5, 5.41) is 2.94. The zero-order valence-electron chi connectivity index (χ0n) is 16.9. The van der Waals surface area contributed by atoms with Gasteiger partial charge >= 0.3 is 0 Å². The fourth-order valence-electron chi connectivity index (χ4n) is 3.43. The molecule has 0 fully saturated rings. The van der Waals surface area contributed by atoms with E-state index in [0.717, 1.165) is 17.7 Å². The normalized spacial score (nSPS) is 15.6. The molecular formula is C23H25NO6. The predicted octanol–water partition coefficient (Wildman–Crippen LogP) is 3.46. The fourth-order valence-corrected chi connectivity index (χ4v) is 3.43. The Morgan fingerprint density at radius 2 is 1.47 bits per heavy atom. The molecule has 2 aliphatic rings. The molecule has 1 unspecified atom stereocenters. The molecule has 2 aliphatic heterocycles. The Kier molecular flexibility index (Phi) is 6.07. The van der Waals surface area contributed by atoms with Gasteiger partial charge in [0.05, 0.1) is 19.3 Å². The first kappa shape index (κ1) is 20.1. The smallest absolute Gasteiger partial charge is 0.220 e. The summed E-state index contributed by atoms with van der Waals surface area (Å²) >= 11 is 0. The van der Waals surface area contributed by atoms with Gasteiger partial charge in [0.15, 0.2) is 28.8 Å². The molecule has 0 aromatic heterocycles. The number of ether oxygens (including phenoxy) is 4. The van der Waals surface area contributed by atoms with Gasteiger partial charge < -0.3 is 24.3 Å². The molecule has 4 rings (SSSR count). The molecule has 2 aromatic rings. The Labute approximate surface area is 175 Å². The van der Waals surface area contributed by atoms with Crippen LogP contribution in [0.25, 0.3) is 0 Å². The maximum Gasteiger partial charge on any atom is 0.220 e. The van der Waals surface area contributed by atoms with Gasteiger partial charge in [0.25, 0.3) is 0 Å². The van der Waals surface area contributed by atoms with Crippen molar-refractivity contribution in [2.45, 2.75) is 32.2 Å². The Morgan fingerprint density at radius 3 is 2.27 bits per heavy atom. The molecule has 1 atom stereocenters. The second-order valence-electron chi connectivity index (χ2n) is 7.33. The number of benzene rings is 2. The fraction of sp³-hybridized carbons (Fsp3) is 0.391. The van der Waals surface area contributed by atoms with Crippen molar-refractivity contribution in [1.29, 1.82) is 0 Å². The summed E-state index contributed by atoms with van der Waals surface area (Å²) in [6, 6.07) is 10.6. The summed E-state index contributed by atoms with van der Waals surface area (Å²) in [6.07, 6.45) is 1.08. The van der Waals surface area contributed by atoms with Crippen LogP contribution in [0.5, 0.6) is 23.0 Å². The minimum atomic E-state index is -0.209. The van der Waals surface area contributed by atoms with Crippen LogP contribution in [-0.4, -0.2) is 38.1 Å². The van der Waals surface area contributed by atoms with Crippen molar-refractivity contribution in [3.05, 3.63) is 47.5 Å². The summed E-state index contributed by atoms with van der Waals surface area (Å²) < 4.78 is 22.3. The quantitative estimate of drug-likeness (QED) is 0.733. The highest BCUT2D eigenvalue weighted by Crippen LogP contribution is 2.33. The van der Waals surface area contributed by atoms with E-state index in [2.05, 4.69) is 5.32 Å². The van der Waals surface area contributed by atoms with Crippen LogP contribution in [0, 0.1) is 0 Å². The van der Waals surface area contributed by atoms with Crippen LogP contribution < -0.4 is 24.3 Å². The summed E-state index contributed by atoms with van der Waals surface area (Å²) in [5.74, 6) is 2.34. The van der Waals surface area contributed by atoms with E-state index >= 15 is 0 Å². The van der Waals surface area contributed by atoms with E-state index < -0.39 is 0 Å². The number of ketones is 1. The lowest BCUT2D eigenvalue weighted by Gasteiger charge is -2.18. The highest BCUT2D eigenvalue weighted by atomic mass is 16.6. The van der Waals surface area contributed by atoms with E-state index in [1.54, 1.807) is 18.2 Å². The molecule has 0 saturated heterocycles. The van der Waals surface area contributed by atoms with E-state index in [-0.39, 0.29) is 30.6 Å². The van der Waals surface area contributed by atoms with Crippen molar-refractivity contribution in [2.24, 2.45) is 0 Å². The maximum absolute atomic E-state index is 12.5. The van der Waals surface area contributed by atoms with Gasteiger partial charge in [-0.15, -0.1) is 0 Å². The van der Waals surface area contributed by atoms with E-state index in [9.17, 15) is 9.59 Å². The largest absolute Gasteiger partial charge is 0.490 e. The number of amides is 1.